The van der Waals surface area contributed by atoms with E-state index in [2.05, 4.69) is 324 Å². The van der Waals surface area contributed by atoms with Gasteiger partial charge in [-0.15, -0.1) is 0 Å². The molecular weight excluding hydrogens is 1090 g/mol. The zero-order valence-corrected chi connectivity index (χ0v) is 49.7. The van der Waals surface area contributed by atoms with E-state index < -0.39 is 0 Å². The van der Waals surface area contributed by atoms with Crippen molar-refractivity contribution in [2.45, 2.75) is 13.8 Å². The third kappa shape index (κ3) is 6.77. The number of nitrogens with zero attached hydrogens (tertiary/aromatic N) is 4. The smallest absolute Gasteiger partial charge is 0.333 e. The number of benzene rings is 14. The van der Waals surface area contributed by atoms with Crippen LogP contribution in [0.5, 0.6) is 0 Å². The highest BCUT2D eigenvalue weighted by Gasteiger charge is 2.49. The van der Waals surface area contributed by atoms with Gasteiger partial charge in [0.15, 0.2) is 0 Å². The number of hydrogen-bond acceptors (Lipinski definition) is 2. The second kappa shape index (κ2) is 18.6. The van der Waals surface area contributed by atoms with Crippen LogP contribution >= 0.6 is 0 Å². The Kier molecular flexibility index (Phi) is 10.3. The van der Waals surface area contributed by atoms with Crippen molar-refractivity contribution >= 4 is 124 Å². The lowest BCUT2D eigenvalue weighted by Crippen LogP contribution is -2.57. The molecule has 6 heteroatoms. The lowest BCUT2D eigenvalue weighted by Gasteiger charge is -2.42. The summed E-state index contributed by atoms with van der Waals surface area (Å²) < 4.78 is 5.66. The summed E-state index contributed by atoms with van der Waals surface area (Å²) in [6.45, 7) is 4.32. The molecule has 0 atom stereocenters. The Labute approximate surface area is 522 Å². The molecule has 0 radical (unpaired) electrons. The maximum absolute atomic E-state index is 2.83. The SMILES string of the molecule is Cc1ccc2c3c1-c1cccc4c1n(c1c5cccc6c5n(c41)B1c4c(ccc(C)c4-6)N(c4cc(-c5ccccc5)cc(-c5ccccc5)c4)c4ccc5ccccc5c41)B3c1c(ccc3ccccc13)N2c1cc(-c2ccccc2)cc(-c2ccccc2)c1. The highest BCUT2D eigenvalue weighted by molar-refractivity contribution is 6.93. The first kappa shape index (κ1) is 49.7. The van der Waals surface area contributed by atoms with E-state index in [9.17, 15) is 0 Å². The highest BCUT2D eigenvalue weighted by Crippen LogP contribution is 2.53. The first-order valence-corrected chi connectivity index (χ1v) is 31.5. The monoisotopic (exact) mass is 1140 g/mol. The number of para-hydroxylation sites is 2. The van der Waals surface area contributed by atoms with Crippen LogP contribution in [0.3, 0.4) is 0 Å². The second-order valence-electron chi connectivity index (χ2n) is 25.1. The van der Waals surface area contributed by atoms with Gasteiger partial charge in [0.25, 0.3) is 0 Å². The molecule has 0 spiro atoms. The van der Waals surface area contributed by atoms with Crippen LogP contribution in [-0.4, -0.2) is 22.7 Å². The second-order valence-corrected chi connectivity index (χ2v) is 25.1. The Balaban J connectivity index is 0.892. The average Bonchev–Trinajstić information content (AvgIpc) is 1.42. The van der Waals surface area contributed by atoms with Crippen molar-refractivity contribution in [3.05, 3.63) is 302 Å². The van der Waals surface area contributed by atoms with Crippen molar-refractivity contribution in [1.29, 1.82) is 0 Å². The van der Waals surface area contributed by atoms with E-state index in [4.69, 9.17) is 0 Å². The molecule has 0 fully saturated rings. The quantitative estimate of drug-likeness (QED) is 0.154. The molecule has 0 bridgehead atoms. The zero-order valence-electron chi connectivity index (χ0n) is 49.7. The number of aromatic nitrogens is 2. The van der Waals surface area contributed by atoms with Crippen LogP contribution in [0.4, 0.5) is 34.1 Å². The van der Waals surface area contributed by atoms with Gasteiger partial charge in [0.2, 0.25) is 0 Å². The molecule has 2 aromatic heterocycles. The van der Waals surface area contributed by atoms with E-state index in [1.54, 1.807) is 0 Å². The van der Waals surface area contributed by atoms with Crippen LogP contribution < -0.4 is 31.7 Å². The summed E-state index contributed by atoms with van der Waals surface area (Å²) in [7, 11) is 0. The summed E-state index contributed by atoms with van der Waals surface area (Å²) in [5.74, 6) is 0. The Morgan fingerprint density at radius 1 is 0.244 bits per heavy atom. The molecule has 0 aliphatic carbocycles. The number of hydrogen-bond donors (Lipinski definition) is 0. The molecule has 90 heavy (non-hydrogen) atoms. The molecule has 20 rings (SSSR count). The fraction of sp³-hybridized carbons (Fsp3) is 0.0238. The third-order valence-corrected chi connectivity index (χ3v) is 20.4. The van der Waals surface area contributed by atoms with E-state index in [1.165, 1.54) is 177 Å². The summed E-state index contributed by atoms with van der Waals surface area (Å²) in [6, 6.07) is 110. The van der Waals surface area contributed by atoms with E-state index in [1.807, 2.05) is 0 Å². The van der Waals surface area contributed by atoms with E-state index >= 15 is 0 Å². The average molecular weight is 1140 g/mol. The summed E-state index contributed by atoms with van der Waals surface area (Å²) in [6.07, 6.45) is 0. The van der Waals surface area contributed by atoms with Crippen molar-refractivity contribution in [3.8, 4) is 66.8 Å². The third-order valence-electron chi connectivity index (χ3n) is 20.4. The molecule has 0 amide bonds. The van der Waals surface area contributed by atoms with Gasteiger partial charge in [-0.1, -0.05) is 231 Å². The van der Waals surface area contributed by atoms with Gasteiger partial charge in [-0.2, -0.15) is 0 Å². The minimum Gasteiger partial charge on any atom is -0.374 e. The van der Waals surface area contributed by atoms with Crippen molar-refractivity contribution in [3.63, 3.8) is 0 Å². The normalized spacial score (nSPS) is 13.1. The van der Waals surface area contributed by atoms with Gasteiger partial charge in [-0.05, 0) is 185 Å². The minimum atomic E-state index is -0.179. The minimum absolute atomic E-state index is 0.179. The van der Waals surface area contributed by atoms with Gasteiger partial charge in [0.05, 0.1) is 11.0 Å². The number of aryl methyl sites for hydroxylation is 2. The standard InChI is InChI=1S/C84H54B2N4/c1-51-37-41-73-79-75(51)67-33-19-35-69-81(67)89(85(79)77-65-31-17-15-29-57(65)39-43-71(77)87(73)63-47-59(53-21-7-3-8-22-53)45-60(48-63)54-23-9-4-10-24-54)84-70-36-20-34-68-76-52(2)38-42-74-80(76)86(90(82(68)70)83(69)84)78-66-32-18-16-30-58(66)40-44-72(78)88(74)64-49-61(55-25-11-5-12-26-55)46-62(50-64)56-27-13-6-14-28-56/h3-50H,1-2H3. The Morgan fingerprint density at radius 3 is 0.944 bits per heavy atom. The molecule has 0 saturated heterocycles. The molecule has 4 aliphatic rings. The molecule has 6 heterocycles. The van der Waals surface area contributed by atoms with Crippen molar-refractivity contribution in [2.24, 2.45) is 0 Å². The zero-order chi connectivity index (χ0) is 59.0. The summed E-state index contributed by atoms with van der Waals surface area (Å²) in [5, 5.41) is 7.55. The van der Waals surface area contributed by atoms with Gasteiger partial charge in [-0.3, -0.25) is 0 Å². The maximum Gasteiger partial charge on any atom is 0.333 e. The predicted octanol–water partition coefficient (Wildman–Crippen LogP) is 19.2. The van der Waals surface area contributed by atoms with Gasteiger partial charge >= 0.3 is 13.7 Å². The number of fused-ring (bicyclic) bond motifs is 17. The number of anilines is 6. The molecule has 16 aromatic rings. The molecule has 0 saturated carbocycles. The van der Waals surface area contributed by atoms with Crippen LogP contribution in [0.1, 0.15) is 11.1 Å². The number of rotatable bonds is 6. The summed E-state index contributed by atoms with van der Waals surface area (Å²) in [4.78, 5) is 5.21. The molecule has 14 aromatic carbocycles. The topological polar surface area (TPSA) is 16.3 Å². The summed E-state index contributed by atoms with van der Waals surface area (Å²) in [5.41, 5.74) is 34.8. The Bertz CT molecular complexity index is 5300. The largest absolute Gasteiger partial charge is 0.374 e. The lowest BCUT2D eigenvalue weighted by molar-refractivity contribution is 1.25. The molecule has 4 nitrogen and oxygen atoms in total. The predicted molar refractivity (Wildman–Crippen MR) is 382 cm³/mol. The Morgan fingerprint density at radius 2 is 0.567 bits per heavy atom. The van der Waals surface area contributed by atoms with Gasteiger partial charge in [-0.25, -0.2) is 0 Å². The van der Waals surface area contributed by atoms with Crippen LogP contribution in [0.25, 0.3) is 121 Å². The highest BCUT2D eigenvalue weighted by atomic mass is 15.2. The molecular formula is C84H54B2N4. The van der Waals surface area contributed by atoms with Gasteiger partial charge < -0.3 is 18.8 Å². The van der Waals surface area contributed by atoms with Crippen molar-refractivity contribution < 1.29 is 0 Å². The fourth-order valence-electron chi connectivity index (χ4n) is 16.8. The van der Waals surface area contributed by atoms with E-state index in [-0.39, 0.29) is 13.7 Å². The van der Waals surface area contributed by atoms with Gasteiger partial charge in [0.1, 0.15) is 0 Å². The molecule has 4 aliphatic heterocycles. The van der Waals surface area contributed by atoms with Crippen LogP contribution in [-0.2, 0) is 0 Å². The molecule has 0 unspecified atom stereocenters. The van der Waals surface area contributed by atoms with E-state index in [0.717, 1.165) is 11.4 Å². The van der Waals surface area contributed by atoms with Crippen LogP contribution in [0, 0.1) is 13.8 Å². The van der Waals surface area contributed by atoms with Crippen LogP contribution in [0.2, 0.25) is 0 Å². The maximum atomic E-state index is 2.83. The fourth-order valence-corrected chi connectivity index (χ4v) is 16.8. The summed E-state index contributed by atoms with van der Waals surface area (Å²) >= 11 is 0. The molecule has 0 N–H and O–H groups in total. The van der Waals surface area contributed by atoms with Crippen molar-refractivity contribution in [1.82, 2.24) is 8.96 Å². The lowest BCUT2D eigenvalue weighted by atomic mass is 9.44. The first-order valence-electron chi connectivity index (χ1n) is 31.5. The van der Waals surface area contributed by atoms with Crippen molar-refractivity contribution in [2.75, 3.05) is 9.80 Å². The van der Waals surface area contributed by atoms with Gasteiger partial charge in [0, 0.05) is 67.1 Å². The van der Waals surface area contributed by atoms with E-state index in [0.29, 0.717) is 0 Å². The van der Waals surface area contributed by atoms with Crippen LogP contribution in [0.15, 0.2) is 291 Å². The Hall–Kier alpha value is -11.3. The first-order chi connectivity index (χ1) is 44.5. The molecule has 416 valence electrons.